The van der Waals surface area contributed by atoms with Gasteiger partial charge in [0.05, 0.1) is 5.56 Å². The van der Waals surface area contributed by atoms with Crippen LogP contribution in [0.2, 0.25) is 0 Å². The lowest BCUT2D eigenvalue weighted by Gasteiger charge is -1.92. The number of pyridine rings is 1. The number of aromatic nitrogens is 3. The highest BCUT2D eigenvalue weighted by molar-refractivity contribution is 7.89. The summed E-state index contributed by atoms with van der Waals surface area (Å²) < 4.78 is 27.0. The molecule has 0 bridgehead atoms. The molecule has 0 amide bonds. The van der Waals surface area contributed by atoms with Gasteiger partial charge in [0.2, 0.25) is 0 Å². The highest BCUT2D eigenvalue weighted by Gasteiger charge is 2.14. The van der Waals surface area contributed by atoms with E-state index in [1.807, 2.05) is 6.07 Å². The fourth-order valence-electron chi connectivity index (χ4n) is 1.24. The van der Waals surface area contributed by atoms with E-state index in [1.165, 1.54) is 6.20 Å². The molecule has 0 unspecified atom stereocenters. The molecule has 2 aromatic rings. The molecule has 0 aliphatic carbocycles. The second kappa shape index (κ2) is 4.54. The zero-order valence-electron chi connectivity index (χ0n) is 9.36. The Morgan fingerprint density at radius 3 is 2.78 bits per heavy atom. The fraction of sp³-hybridized carbons (Fsp3) is 0.200. The predicted molar refractivity (Wildman–Crippen MR) is 60.8 cm³/mol. The molecule has 0 N–H and O–H groups in total. The molecule has 0 spiro atoms. The molecule has 92 valence electrons. The predicted octanol–water partition coefficient (Wildman–Crippen LogP) is 0.548. The number of hydrogen-bond acceptors (Lipinski definition) is 7. The summed E-state index contributed by atoms with van der Waals surface area (Å²) in [7, 11) is -3.21. The first-order valence-corrected chi connectivity index (χ1v) is 6.91. The van der Waals surface area contributed by atoms with E-state index in [0.717, 1.165) is 6.26 Å². The van der Waals surface area contributed by atoms with E-state index in [4.69, 9.17) is 9.78 Å². The van der Waals surface area contributed by atoms with E-state index in [9.17, 15) is 8.42 Å². The second-order valence-electron chi connectivity index (χ2n) is 3.63. The number of nitriles is 1. The van der Waals surface area contributed by atoms with E-state index < -0.39 is 9.84 Å². The minimum atomic E-state index is -3.21. The van der Waals surface area contributed by atoms with Gasteiger partial charge in [-0.3, -0.25) is 0 Å². The van der Waals surface area contributed by atoms with Crippen LogP contribution in [0.1, 0.15) is 11.4 Å². The fourth-order valence-corrected chi connectivity index (χ4v) is 1.82. The molecule has 0 saturated carbocycles. The molecule has 7 nitrogen and oxygen atoms in total. The van der Waals surface area contributed by atoms with Crippen LogP contribution in [0.5, 0.6) is 0 Å². The molecular weight excluding hydrogens is 256 g/mol. The Morgan fingerprint density at radius 2 is 2.22 bits per heavy atom. The van der Waals surface area contributed by atoms with Gasteiger partial charge in [-0.1, -0.05) is 5.16 Å². The van der Waals surface area contributed by atoms with Crippen molar-refractivity contribution >= 4 is 9.84 Å². The summed E-state index contributed by atoms with van der Waals surface area (Å²) in [5.41, 5.74) is 0.802. The van der Waals surface area contributed by atoms with Crippen molar-refractivity contribution in [3.05, 3.63) is 29.7 Å². The number of hydrogen-bond donors (Lipinski definition) is 0. The summed E-state index contributed by atoms with van der Waals surface area (Å²) >= 11 is 0. The maximum atomic E-state index is 11.1. The van der Waals surface area contributed by atoms with Gasteiger partial charge in [-0.15, -0.1) is 0 Å². The summed E-state index contributed by atoms with van der Waals surface area (Å²) in [4.78, 5) is 7.88. The average Bonchev–Trinajstić information content (AvgIpc) is 2.75. The summed E-state index contributed by atoms with van der Waals surface area (Å²) in [6, 6.07) is 5.04. The van der Waals surface area contributed by atoms with Crippen molar-refractivity contribution in [3.8, 4) is 17.7 Å². The maximum Gasteiger partial charge on any atom is 0.276 e. The van der Waals surface area contributed by atoms with Gasteiger partial charge in [0.15, 0.2) is 15.7 Å². The van der Waals surface area contributed by atoms with Gasteiger partial charge in [-0.25, -0.2) is 13.4 Å². The van der Waals surface area contributed by atoms with Crippen molar-refractivity contribution in [1.29, 1.82) is 5.26 Å². The Morgan fingerprint density at radius 1 is 1.44 bits per heavy atom. The van der Waals surface area contributed by atoms with Crippen LogP contribution in [0.25, 0.3) is 11.6 Å². The van der Waals surface area contributed by atoms with Gasteiger partial charge in [0.25, 0.3) is 5.89 Å². The van der Waals surface area contributed by atoms with Gasteiger partial charge in [-0.2, -0.15) is 10.2 Å². The van der Waals surface area contributed by atoms with Crippen LogP contribution >= 0.6 is 0 Å². The molecule has 0 atom stereocenters. The molecule has 0 aliphatic heterocycles. The molecule has 0 aromatic carbocycles. The van der Waals surface area contributed by atoms with Crippen LogP contribution in [0.3, 0.4) is 0 Å². The van der Waals surface area contributed by atoms with Gasteiger partial charge in [0, 0.05) is 12.5 Å². The average molecular weight is 264 g/mol. The van der Waals surface area contributed by atoms with Crippen LogP contribution in [-0.2, 0) is 15.6 Å². The van der Waals surface area contributed by atoms with Crippen LogP contribution < -0.4 is 0 Å². The van der Waals surface area contributed by atoms with Crippen LogP contribution in [-0.4, -0.2) is 29.8 Å². The van der Waals surface area contributed by atoms with Crippen LogP contribution in [0.4, 0.5) is 0 Å². The number of rotatable bonds is 3. The molecule has 0 saturated heterocycles. The zero-order chi connectivity index (χ0) is 13.2. The molecule has 0 fully saturated rings. The molecule has 18 heavy (non-hydrogen) atoms. The largest absolute Gasteiger partial charge is 0.332 e. The first-order chi connectivity index (χ1) is 8.48. The third kappa shape index (κ3) is 2.89. The quantitative estimate of drug-likeness (QED) is 0.795. The highest BCUT2D eigenvalue weighted by Crippen LogP contribution is 2.15. The van der Waals surface area contributed by atoms with Crippen molar-refractivity contribution in [2.75, 3.05) is 6.26 Å². The van der Waals surface area contributed by atoms with E-state index in [0.29, 0.717) is 11.3 Å². The lowest BCUT2D eigenvalue weighted by molar-refractivity contribution is 0.423. The third-order valence-corrected chi connectivity index (χ3v) is 2.75. The van der Waals surface area contributed by atoms with Crippen molar-refractivity contribution in [2.24, 2.45) is 0 Å². The Balaban J connectivity index is 2.27. The number of sulfone groups is 1. The first-order valence-electron chi connectivity index (χ1n) is 4.85. The van der Waals surface area contributed by atoms with Crippen LogP contribution in [0, 0.1) is 11.3 Å². The Hall–Kier alpha value is -2.27. The minimum Gasteiger partial charge on any atom is -0.332 e. The van der Waals surface area contributed by atoms with E-state index in [2.05, 4.69) is 15.1 Å². The first kappa shape index (κ1) is 12.2. The molecule has 2 rings (SSSR count). The van der Waals surface area contributed by atoms with Crippen molar-refractivity contribution in [2.45, 2.75) is 5.75 Å². The van der Waals surface area contributed by atoms with Crippen molar-refractivity contribution in [3.63, 3.8) is 0 Å². The molecule has 8 heteroatoms. The third-order valence-electron chi connectivity index (χ3n) is 1.97. The molecule has 2 heterocycles. The smallest absolute Gasteiger partial charge is 0.276 e. The summed E-state index contributed by atoms with van der Waals surface area (Å²) in [5, 5.41) is 12.2. The minimum absolute atomic E-state index is 0.0821. The molecule has 2 aromatic heterocycles. The highest BCUT2D eigenvalue weighted by atomic mass is 32.2. The Bertz CT molecular complexity index is 697. The zero-order valence-corrected chi connectivity index (χ0v) is 10.2. The van der Waals surface area contributed by atoms with E-state index in [1.54, 1.807) is 12.1 Å². The summed E-state index contributed by atoms with van der Waals surface area (Å²) in [6.07, 6.45) is 2.46. The van der Waals surface area contributed by atoms with Crippen molar-refractivity contribution < 1.29 is 12.9 Å². The normalized spacial score (nSPS) is 11.1. The Labute approximate surface area is 103 Å². The summed E-state index contributed by atoms with van der Waals surface area (Å²) in [6.45, 7) is 0. The van der Waals surface area contributed by atoms with Gasteiger partial charge >= 0.3 is 0 Å². The monoisotopic (exact) mass is 264 g/mol. The Kier molecular flexibility index (Phi) is 3.08. The standard InChI is InChI=1S/C10H8N4O3S/c1-18(15,16)6-9-13-10(17-14-9)8-3-2-7(4-11)5-12-8/h2-3,5H,6H2,1H3. The van der Waals surface area contributed by atoms with E-state index in [-0.39, 0.29) is 17.5 Å². The lowest BCUT2D eigenvalue weighted by atomic mass is 10.3. The topological polar surface area (TPSA) is 110 Å². The van der Waals surface area contributed by atoms with Gasteiger partial charge in [0.1, 0.15) is 17.5 Å². The number of nitrogens with zero attached hydrogens (tertiary/aromatic N) is 4. The maximum absolute atomic E-state index is 11.1. The second-order valence-corrected chi connectivity index (χ2v) is 5.77. The summed E-state index contributed by atoms with van der Waals surface area (Å²) in [5.74, 6) is -0.0796. The van der Waals surface area contributed by atoms with Gasteiger partial charge in [-0.05, 0) is 12.1 Å². The molecule has 0 aliphatic rings. The lowest BCUT2D eigenvalue weighted by Crippen LogP contribution is -2.02. The molecular formula is C10H8N4O3S. The SMILES string of the molecule is CS(=O)(=O)Cc1noc(-c2ccc(C#N)cn2)n1. The van der Waals surface area contributed by atoms with Gasteiger partial charge < -0.3 is 4.52 Å². The van der Waals surface area contributed by atoms with Crippen molar-refractivity contribution in [1.82, 2.24) is 15.1 Å². The molecule has 0 radical (unpaired) electrons. The van der Waals surface area contributed by atoms with Crippen LogP contribution in [0.15, 0.2) is 22.9 Å². The van der Waals surface area contributed by atoms with E-state index >= 15 is 0 Å².